The largest absolute Gasteiger partial charge is 0.309 e. The van der Waals surface area contributed by atoms with Crippen molar-refractivity contribution < 1.29 is 0 Å². The number of fused-ring (bicyclic) bond motifs is 6. The SMILES string of the molecule is N#Cc1ccc2c(c1)c1ccccc1n2-c1cc(-c2ccc(-c3ccccc3-n3c4ccccc4c4ccccc43)cc2C#N)ccc1C#N. The molecule has 0 fully saturated rings. The van der Waals surface area contributed by atoms with E-state index in [9.17, 15) is 15.8 Å². The molecule has 0 bridgehead atoms. The molecule has 9 rings (SSSR count). The Balaban J connectivity index is 1.21. The summed E-state index contributed by atoms with van der Waals surface area (Å²) in [7, 11) is 0. The molecule has 0 radical (unpaired) electrons. The lowest BCUT2D eigenvalue weighted by molar-refractivity contribution is 1.17. The molecule has 0 amide bonds. The number of hydrogen-bond donors (Lipinski definition) is 0. The summed E-state index contributed by atoms with van der Waals surface area (Å²) in [4.78, 5) is 0. The van der Waals surface area contributed by atoms with Gasteiger partial charge in [-0.25, -0.2) is 0 Å². The van der Waals surface area contributed by atoms with Crippen LogP contribution in [0, 0.1) is 34.0 Å². The third-order valence-corrected chi connectivity index (χ3v) is 9.65. The van der Waals surface area contributed by atoms with Crippen molar-refractivity contribution in [2.75, 3.05) is 0 Å². The van der Waals surface area contributed by atoms with Crippen molar-refractivity contribution >= 4 is 43.6 Å². The summed E-state index contributed by atoms with van der Waals surface area (Å²) >= 11 is 0. The van der Waals surface area contributed by atoms with E-state index in [2.05, 4.69) is 100 Å². The number of para-hydroxylation sites is 4. The average molecular weight is 636 g/mol. The van der Waals surface area contributed by atoms with Gasteiger partial charge in [0.2, 0.25) is 0 Å². The van der Waals surface area contributed by atoms with Crippen LogP contribution in [0.1, 0.15) is 16.7 Å². The van der Waals surface area contributed by atoms with Crippen molar-refractivity contribution in [3.63, 3.8) is 0 Å². The molecule has 5 heteroatoms. The van der Waals surface area contributed by atoms with Gasteiger partial charge in [-0.2, -0.15) is 15.8 Å². The predicted molar refractivity (Wildman–Crippen MR) is 200 cm³/mol. The first kappa shape index (κ1) is 28.8. The van der Waals surface area contributed by atoms with Gasteiger partial charge in [0, 0.05) is 27.1 Å². The highest BCUT2D eigenvalue weighted by Gasteiger charge is 2.19. The predicted octanol–water partition coefficient (Wildman–Crippen LogP) is 10.8. The molecule has 0 saturated carbocycles. The summed E-state index contributed by atoms with van der Waals surface area (Å²) in [5.41, 5.74) is 11.0. The van der Waals surface area contributed by atoms with Gasteiger partial charge in [0.25, 0.3) is 0 Å². The Kier molecular flexibility index (Phi) is 6.56. The van der Waals surface area contributed by atoms with Crippen molar-refractivity contribution in [1.82, 2.24) is 9.13 Å². The van der Waals surface area contributed by atoms with Crippen LogP contribution in [0.5, 0.6) is 0 Å². The monoisotopic (exact) mass is 635 g/mol. The van der Waals surface area contributed by atoms with E-state index >= 15 is 0 Å². The molecule has 230 valence electrons. The van der Waals surface area contributed by atoms with Gasteiger partial charge in [-0.3, -0.25) is 0 Å². The summed E-state index contributed by atoms with van der Waals surface area (Å²) in [6, 6.07) is 57.7. The zero-order chi connectivity index (χ0) is 33.8. The highest BCUT2D eigenvalue weighted by atomic mass is 15.0. The summed E-state index contributed by atoms with van der Waals surface area (Å²) in [5.74, 6) is 0. The molecular formula is C45H25N5. The van der Waals surface area contributed by atoms with Gasteiger partial charge >= 0.3 is 0 Å². The van der Waals surface area contributed by atoms with Crippen LogP contribution in [-0.4, -0.2) is 9.13 Å². The molecule has 9 aromatic rings. The van der Waals surface area contributed by atoms with Gasteiger partial charge in [0.1, 0.15) is 6.07 Å². The molecule has 2 heterocycles. The third kappa shape index (κ3) is 4.31. The van der Waals surface area contributed by atoms with Crippen LogP contribution >= 0.6 is 0 Å². The maximum absolute atomic E-state index is 10.5. The highest BCUT2D eigenvalue weighted by molar-refractivity contribution is 6.11. The maximum Gasteiger partial charge on any atom is 0.101 e. The smallest absolute Gasteiger partial charge is 0.101 e. The Morgan fingerprint density at radius 3 is 1.56 bits per heavy atom. The average Bonchev–Trinajstić information content (AvgIpc) is 3.70. The van der Waals surface area contributed by atoms with Crippen molar-refractivity contribution in [2.24, 2.45) is 0 Å². The van der Waals surface area contributed by atoms with Crippen LogP contribution in [0.25, 0.3) is 77.2 Å². The second kappa shape index (κ2) is 11.4. The summed E-state index contributed by atoms with van der Waals surface area (Å²) in [6.45, 7) is 0. The molecule has 2 aromatic heterocycles. The van der Waals surface area contributed by atoms with Crippen molar-refractivity contribution in [3.8, 4) is 51.8 Å². The van der Waals surface area contributed by atoms with Gasteiger partial charge in [0.15, 0.2) is 0 Å². The standard InChI is InChI=1S/C45H25N5/c46-26-29-17-22-44-39(23-29)38-12-4-8-16-43(38)50(44)45-25-31(18-19-32(45)27-47)34-21-20-30(24-33(34)28-48)35-9-1-5-13-40(35)49-41-14-6-2-10-36(41)37-11-3-7-15-42(37)49/h1-25H. The molecule has 0 N–H and O–H groups in total. The normalized spacial score (nSPS) is 11.1. The Morgan fingerprint density at radius 2 is 0.900 bits per heavy atom. The van der Waals surface area contributed by atoms with Crippen molar-refractivity contribution in [1.29, 1.82) is 15.8 Å². The van der Waals surface area contributed by atoms with E-state index in [1.807, 2.05) is 72.8 Å². The second-order valence-electron chi connectivity index (χ2n) is 12.3. The van der Waals surface area contributed by atoms with Gasteiger partial charge in [-0.15, -0.1) is 0 Å². The zero-order valence-corrected chi connectivity index (χ0v) is 26.7. The fraction of sp³-hybridized carbons (Fsp3) is 0. The number of nitrogens with zero attached hydrogens (tertiary/aromatic N) is 5. The van der Waals surface area contributed by atoms with Crippen LogP contribution in [-0.2, 0) is 0 Å². The number of nitriles is 3. The molecular weight excluding hydrogens is 611 g/mol. The number of aromatic nitrogens is 2. The quantitative estimate of drug-likeness (QED) is 0.193. The minimum absolute atomic E-state index is 0.510. The molecule has 0 aliphatic carbocycles. The summed E-state index contributed by atoms with van der Waals surface area (Å²) in [5, 5.41) is 34.7. The number of hydrogen-bond acceptors (Lipinski definition) is 3. The van der Waals surface area contributed by atoms with Gasteiger partial charge in [-0.05, 0) is 77.4 Å². The van der Waals surface area contributed by atoms with Crippen LogP contribution in [0.2, 0.25) is 0 Å². The van der Waals surface area contributed by atoms with Gasteiger partial charge in [0.05, 0.1) is 62.3 Å². The van der Waals surface area contributed by atoms with E-state index in [0.29, 0.717) is 22.4 Å². The van der Waals surface area contributed by atoms with Crippen LogP contribution in [0.15, 0.2) is 152 Å². The van der Waals surface area contributed by atoms with E-state index in [0.717, 1.165) is 60.8 Å². The van der Waals surface area contributed by atoms with Crippen molar-refractivity contribution in [2.45, 2.75) is 0 Å². The lowest BCUT2D eigenvalue weighted by Gasteiger charge is -2.16. The summed E-state index contributed by atoms with van der Waals surface area (Å²) < 4.78 is 4.38. The third-order valence-electron chi connectivity index (χ3n) is 9.65. The molecule has 7 aromatic carbocycles. The molecule has 0 aliphatic rings. The molecule has 0 spiro atoms. The van der Waals surface area contributed by atoms with E-state index < -0.39 is 0 Å². The first-order valence-electron chi connectivity index (χ1n) is 16.3. The molecule has 0 aliphatic heterocycles. The zero-order valence-electron chi connectivity index (χ0n) is 26.7. The second-order valence-corrected chi connectivity index (χ2v) is 12.3. The highest BCUT2D eigenvalue weighted by Crippen LogP contribution is 2.39. The van der Waals surface area contributed by atoms with Crippen molar-refractivity contribution in [3.05, 3.63) is 168 Å². The molecule has 5 nitrogen and oxygen atoms in total. The maximum atomic E-state index is 10.5. The van der Waals surface area contributed by atoms with Gasteiger partial charge < -0.3 is 9.13 Å². The van der Waals surface area contributed by atoms with E-state index in [1.165, 1.54) is 10.8 Å². The Labute approximate surface area is 287 Å². The minimum Gasteiger partial charge on any atom is -0.309 e. The molecule has 0 saturated heterocycles. The van der Waals surface area contributed by atoms with E-state index in [4.69, 9.17) is 0 Å². The lowest BCUT2D eigenvalue weighted by Crippen LogP contribution is -1.99. The molecule has 0 atom stereocenters. The Morgan fingerprint density at radius 1 is 0.360 bits per heavy atom. The molecule has 0 unspecified atom stereocenters. The van der Waals surface area contributed by atoms with Gasteiger partial charge in [-0.1, -0.05) is 91.0 Å². The minimum atomic E-state index is 0.510. The van der Waals surface area contributed by atoms with E-state index in [-0.39, 0.29) is 0 Å². The number of benzene rings is 7. The topological polar surface area (TPSA) is 81.2 Å². The first-order valence-corrected chi connectivity index (χ1v) is 16.3. The Hall–Kier alpha value is -7.39. The first-order chi connectivity index (χ1) is 24.7. The Bertz CT molecular complexity index is 2920. The van der Waals surface area contributed by atoms with Crippen LogP contribution in [0.4, 0.5) is 0 Å². The van der Waals surface area contributed by atoms with Crippen LogP contribution < -0.4 is 0 Å². The lowest BCUT2D eigenvalue weighted by atomic mass is 9.93. The molecule has 50 heavy (non-hydrogen) atoms. The van der Waals surface area contributed by atoms with Crippen LogP contribution in [0.3, 0.4) is 0 Å². The fourth-order valence-corrected chi connectivity index (χ4v) is 7.43. The fourth-order valence-electron chi connectivity index (χ4n) is 7.43. The number of rotatable bonds is 4. The van der Waals surface area contributed by atoms with E-state index in [1.54, 1.807) is 6.07 Å². The summed E-state index contributed by atoms with van der Waals surface area (Å²) in [6.07, 6.45) is 0.